The lowest BCUT2D eigenvalue weighted by atomic mass is 10.2. The van der Waals surface area contributed by atoms with Gasteiger partial charge in [0.25, 0.3) is 0 Å². The lowest BCUT2D eigenvalue weighted by Gasteiger charge is -2.08. The molecule has 1 heterocycles. The van der Waals surface area contributed by atoms with Gasteiger partial charge in [-0.05, 0) is 6.07 Å². The van der Waals surface area contributed by atoms with Gasteiger partial charge in [-0.1, -0.05) is 0 Å². The molecular formula is C7H8F3N3. The molecule has 0 fully saturated rings. The van der Waals surface area contributed by atoms with Gasteiger partial charge in [0.05, 0.1) is 16.9 Å². The minimum absolute atomic E-state index is 0.0303. The lowest BCUT2D eigenvalue weighted by molar-refractivity contribution is -0.137. The molecule has 0 aliphatic heterocycles. The van der Waals surface area contributed by atoms with Gasteiger partial charge >= 0.3 is 6.18 Å². The first-order chi connectivity index (χ1) is 5.95. The molecular weight excluding hydrogens is 183 g/mol. The second-order valence-corrected chi connectivity index (χ2v) is 2.46. The van der Waals surface area contributed by atoms with Crippen molar-refractivity contribution in [3.8, 4) is 0 Å². The summed E-state index contributed by atoms with van der Waals surface area (Å²) < 4.78 is 36.2. The Morgan fingerprint density at radius 3 is 2.38 bits per heavy atom. The van der Waals surface area contributed by atoms with Gasteiger partial charge in [-0.15, -0.1) is 0 Å². The van der Waals surface area contributed by atoms with E-state index in [1.165, 1.54) is 0 Å². The third-order valence-corrected chi connectivity index (χ3v) is 1.52. The third-order valence-electron chi connectivity index (χ3n) is 1.52. The molecule has 1 aromatic rings. The molecule has 1 aromatic heterocycles. The number of hydrogen-bond donors (Lipinski definition) is 2. The third kappa shape index (κ3) is 2.09. The van der Waals surface area contributed by atoms with Crippen LogP contribution in [0.3, 0.4) is 0 Å². The number of rotatable bonds is 1. The topological polar surface area (TPSA) is 64.9 Å². The molecule has 0 aromatic carbocycles. The number of nitrogens with two attached hydrogens (primary N) is 2. The molecule has 0 aliphatic rings. The van der Waals surface area contributed by atoms with Crippen LogP contribution in [0.2, 0.25) is 0 Å². The van der Waals surface area contributed by atoms with E-state index >= 15 is 0 Å². The Hall–Kier alpha value is -1.30. The molecule has 0 radical (unpaired) electrons. The first kappa shape index (κ1) is 9.79. The van der Waals surface area contributed by atoms with E-state index in [0.29, 0.717) is 0 Å². The minimum Gasteiger partial charge on any atom is -0.397 e. The van der Waals surface area contributed by atoms with Crippen molar-refractivity contribution in [1.82, 2.24) is 4.98 Å². The van der Waals surface area contributed by atoms with Gasteiger partial charge in [-0.3, -0.25) is 4.98 Å². The molecule has 4 N–H and O–H groups in total. The van der Waals surface area contributed by atoms with E-state index in [4.69, 9.17) is 11.5 Å². The van der Waals surface area contributed by atoms with E-state index in [-0.39, 0.29) is 17.9 Å². The number of halogens is 3. The van der Waals surface area contributed by atoms with Crippen LogP contribution in [0.15, 0.2) is 12.3 Å². The largest absolute Gasteiger partial charge is 0.417 e. The Balaban J connectivity index is 3.10. The van der Waals surface area contributed by atoms with Gasteiger partial charge in [0, 0.05) is 12.7 Å². The number of nitrogens with zero attached hydrogens (tertiary/aromatic N) is 1. The molecule has 6 heteroatoms. The molecule has 0 atom stereocenters. The summed E-state index contributed by atoms with van der Waals surface area (Å²) in [6.45, 7) is 0.0317. The number of aromatic nitrogens is 1. The fraction of sp³-hybridized carbons (Fsp3) is 0.286. The number of alkyl halides is 3. The van der Waals surface area contributed by atoms with Crippen LogP contribution in [0, 0.1) is 0 Å². The smallest absolute Gasteiger partial charge is 0.397 e. The Morgan fingerprint density at radius 1 is 1.38 bits per heavy atom. The predicted octanol–water partition coefficient (Wildman–Crippen LogP) is 1.14. The fourth-order valence-corrected chi connectivity index (χ4v) is 0.836. The van der Waals surface area contributed by atoms with Crippen molar-refractivity contribution in [2.75, 3.05) is 5.73 Å². The zero-order valence-corrected chi connectivity index (χ0v) is 6.60. The molecule has 0 saturated heterocycles. The second kappa shape index (κ2) is 3.21. The van der Waals surface area contributed by atoms with Crippen molar-refractivity contribution in [1.29, 1.82) is 0 Å². The maximum Gasteiger partial charge on any atom is 0.417 e. The monoisotopic (exact) mass is 191 g/mol. The van der Waals surface area contributed by atoms with Crippen molar-refractivity contribution in [3.63, 3.8) is 0 Å². The molecule has 3 nitrogen and oxygen atoms in total. The molecule has 72 valence electrons. The normalized spacial score (nSPS) is 11.7. The second-order valence-electron chi connectivity index (χ2n) is 2.46. The van der Waals surface area contributed by atoms with Crippen LogP contribution in [0.1, 0.15) is 11.3 Å². The van der Waals surface area contributed by atoms with E-state index in [1.54, 1.807) is 0 Å². The highest BCUT2D eigenvalue weighted by Gasteiger charge is 2.31. The molecule has 0 bridgehead atoms. The van der Waals surface area contributed by atoms with E-state index in [1.807, 2.05) is 0 Å². The quantitative estimate of drug-likeness (QED) is 0.699. The van der Waals surface area contributed by atoms with E-state index in [0.717, 1.165) is 12.3 Å². The molecule has 1 rings (SSSR count). The summed E-state index contributed by atoms with van der Waals surface area (Å²) in [5, 5.41) is 0. The van der Waals surface area contributed by atoms with Crippen LogP contribution in [-0.2, 0) is 12.7 Å². The maximum absolute atomic E-state index is 12.1. The fourth-order valence-electron chi connectivity index (χ4n) is 0.836. The molecule has 0 saturated carbocycles. The average Bonchev–Trinajstić information content (AvgIpc) is 2.02. The van der Waals surface area contributed by atoms with Crippen molar-refractivity contribution in [2.24, 2.45) is 5.73 Å². The van der Waals surface area contributed by atoms with Gasteiger partial charge in [-0.25, -0.2) is 0 Å². The maximum atomic E-state index is 12.1. The van der Waals surface area contributed by atoms with E-state index in [9.17, 15) is 13.2 Å². The number of anilines is 1. The van der Waals surface area contributed by atoms with Crippen molar-refractivity contribution >= 4 is 5.69 Å². The SMILES string of the molecule is NCc1ncc(C(F)(F)F)cc1N. The summed E-state index contributed by atoms with van der Waals surface area (Å²) in [6.07, 6.45) is -3.69. The Kier molecular flexibility index (Phi) is 2.42. The molecule has 0 spiro atoms. The van der Waals surface area contributed by atoms with Crippen LogP contribution in [-0.4, -0.2) is 4.98 Å². The van der Waals surface area contributed by atoms with E-state index < -0.39 is 11.7 Å². The van der Waals surface area contributed by atoms with Crippen LogP contribution in [0.4, 0.5) is 18.9 Å². The van der Waals surface area contributed by atoms with Gasteiger partial charge in [-0.2, -0.15) is 13.2 Å². The van der Waals surface area contributed by atoms with Crippen molar-refractivity contribution in [3.05, 3.63) is 23.5 Å². The zero-order chi connectivity index (χ0) is 10.1. The molecule has 0 unspecified atom stereocenters. The highest BCUT2D eigenvalue weighted by atomic mass is 19.4. The standard InChI is InChI=1S/C7H8F3N3/c8-7(9,10)4-1-5(12)6(2-11)13-3-4/h1,3H,2,11-12H2. The van der Waals surface area contributed by atoms with Crippen molar-refractivity contribution < 1.29 is 13.2 Å². The van der Waals surface area contributed by atoms with Crippen molar-refractivity contribution in [2.45, 2.75) is 12.7 Å². The molecule has 0 amide bonds. The molecule has 13 heavy (non-hydrogen) atoms. The minimum atomic E-state index is -4.41. The summed E-state index contributed by atoms with van der Waals surface area (Å²) in [7, 11) is 0. The van der Waals surface area contributed by atoms with Gasteiger partial charge in [0.15, 0.2) is 0 Å². The summed E-state index contributed by atoms with van der Waals surface area (Å²) in [5.74, 6) is 0. The van der Waals surface area contributed by atoms with E-state index in [2.05, 4.69) is 4.98 Å². The number of nitrogen functional groups attached to an aromatic ring is 1. The van der Waals surface area contributed by atoms with Crippen LogP contribution in [0.25, 0.3) is 0 Å². The Labute approximate surface area is 72.6 Å². The summed E-state index contributed by atoms with van der Waals surface area (Å²) in [5.41, 5.74) is 9.85. The zero-order valence-electron chi connectivity index (χ0n) is 6.60. The number of pyridine rings is 1. The Morgan fingerprint density at radius 2 is 2.00 bits per heavy atom. The van der Waals surface area contributed by atoms with Gasteiger partial charge in [0.2, 0.25) is 0 Å². The van der Waals surface area contributed by atoms with Gasteiger partial charge < -0.3 is 11.5 Å². The van der Waals surface area contributed by atoms with Crippen LogP contribution >= 0.6 is 0 Å². The van der Waals surface area contributed by atoms with Gasteiger partial charge in [0.1, 0.15) is 0 Å². The first-order valence-electron chi connectivity index (χ1n) is 3.47. The number of hydrogen-bond acceptors (Lipinski definition) is 3. The van der Waals surface area contributed by atoms with Crippen LogP contribution < -0.4 is 11.5 Å². The first-order valence-corrected chi connectivity index (χ1v) is 3.47. The summed E-state index contributed by atoms with van der Waals surface area (Å²) in [6, 6.07) is 0.829. The Bertz CT molecular complexity index is 308. The molecule has 0 aliphatic carbocycles. The predicted molar refractivity (Wildman–Crippen MR) is 41.5 cm³/mol. The highest BCUT2D eigenvalue weighted by molar-refractivity contribution is 5.45. The summed E-state index contributed by atoms with van der Waals surface area (Å²) >= 11 is 0. The average molecular weight is 191 g/mol. The lowest BCUT2D eigenvalue weighted by Crippen LogP contribution is -2.10. The van der Waals surface area contributed by atoms with Crippen LogP contribution in [0.5, 0.6) is 0 Å². The highest BCUT2D eigenvalue weighted by Crippen LogP contribution is 2.30. The summed E-state index contributed by atoms with van der Waals surface area (Å²) in [4.78, 5) is 3.49.